The average Bonchev–Trinajstić information content (AvgIpc) is 3.40. The largest absolute Gasteiger partial charge is 0.452 e. The van der Waals surface area contributed by atoms with Crippen molar-refractivity contribution in [2.45, 2.75) is 0 Å². The van der Waals surface area contributed by atoms with E-state index in [4.69, 9.17) is 0 Å². The number of aromatic nitrogens is 7. The van der Waals surface area contributed by atoms with Gasteiger partial charge in [-0.25, -0.2) is 9.97 Å². The summed E-state index contributed by atoms with van der Waals surface area (Å²) in [6.07, 6.45) is 14.6. The first-order chi connectivity index (χ1) is 10.0. The SMILES string of the molecule is c1cc[nH]c1.c1cn[nH]c1.c1cocn1.c1nc[nH]n1. The van der Waals surface area contributed by atoms with Crippen molar-refractivity contribution in [3.05, 3.63) is 74.5 Å². The van der Waals surface area contributed by atoms with E-state index in [1.165, 1.54) is 25.3 Å². The molecule has 0 aliphatic heterocycles. The second-order valence-electron chi connectivity index (χ2n) is 2.98. The van der Waals surface area contributed by atoms with Crippen molar-refractivity contribution in [3.63, 3.8) is 0 Å². The molecule has 0 saturated carbocycles. The lowest BCUT2D eigenvalue weighted by atomic mass is 10.7. The minimum absolute atomic E-state index is 1.38. The van der Waals surface area contributed by atoms with Crippen LogP contribution in [0.15, 0.2) is 78.9 Å². The number of oxazole rings is 1. The molecule has 0 aliphatic rings. The predicted octanol–water partition coefficient (Wildman–Crippen LogP) is 1.90. The van der Waals surface area contributed by atoms with Gasteiger partial charge in [-0.1, -0.05) is 0 Å². The van der Waals surface area contributed by atoms with Gasteiger partial charge in [0.25, 0.3) is 0 Å². The van der Waals surface area contributed by atoms with Crippen LogP contribution in [0.4, 0.5) is 0 Å². The zero-order valence-electron chi connectivity index (χ0n) is 10.6. The third-order valence-electron chi connectivity index (χ3n) is 1.58. The number of nitrogens with one attached hydrogen (secondary N) is 3. The first-order valence-corrected chi connectivity index (χ1v) is 5.62. The summed E-state index contributed by atoms with van der Waals surface area (Å²) in [5.74, 6) is 0. The number of nitrogens with zero attached hydrogens (tertiary/aromatic N) is 4. The van der Waals surface area contributed by atoms with Gasteiger partial charge in [-0.2, -0.15) is 10.2 Å². The van der Waals surface area contributed by atoms with Gasteiger partial charge in [0.1, 0.15) is 18.9 Å². The van der Waals surface area contributed by atoms with E-state index in [0.717, 1.165) is 0 Å². The molecule has 8 nitrogen and oxygen atoms in total. The molecule has 104 valence electrons. The number of hydrogen-bond donors (Lipinski definition) is 3. The lowest BCUT2D eigenvalue weighted by molar-refractivity contribution is 0.558. The fourth-order valence-corrected chi connectivity index (χ4v) is 0.835. The van der Waals surface area contributed by atoms with Crippen LogP contribution in [0.1, 0.15) is 0 Å². The summed E-state index contributed by atoms with van der Waals surface area (Å²) in [6, 6.07) is 5.72. The summed E-state index contributed by atoms with van der Waals surface area (Å²) in [7, 11) is 0. The van der Waals surface area contributed by atoms with Gasteiger partial charge in [0.05, 0.1) is 6.20 Å². The molecule has 8 heteroatoms. The zero-order valence-corrected chi connectivity index (χ0v) is 10.6. The molecule has 4 aromatic rings. The van der Waals surface area contributed by atoms with Crippen LogP contribution < -0.4 is 0 Å². The number of H-pyrrole nitrogens is 3. The van der Waals surface area contributed by atoms with Crippen LogP contribution in [0.2, 0.25) is 0 Å². The Bertz CT molecular complexity index is 355. The van der Waals surface area contributed by atoms with Gasteiger partial charge in [0, 0.05) is 24.8 Å². The summed E-state index contributed by atoms with van der Waals surface area (Å²) < 4.78 is 4.47. The molecule has 0 aromatic carbocycles. The van der Waals surface area contributed by atoms with Gasteiger partial charge in [0.2, 0.25) is 0 Å². The molecule has 0 aliphatic carbocycles. The molecule has 0 atom stereocenters. The lowest BCUT2D eigenvalue weighted by Gasteiger charge is -1.49. The van der Waals surface area contributed by atoms with E-state index in [1.807, 2.05) is 30.6 Å². The van der Waals surface area contributed by atoms with Crippen molar-refractivity contribution >= 4 is 0 Å². The third kappa shape index (κ3) is 10.0. The van der Waals surface area contributed by atoms with Crippen molar-refractivity contribution in [2.24, 2.45) is 0 Å². The van der Waals surface area contributed by atoms with Gasteiger partial charge < -0.3 is 9.40 Å². The molecule has 0 spiro atoms. The molecule has 3 N–H and O–H groups in total. The van der Waals surface area contributed by atoms with E-state index in [-0.39, 0.29) is 0 Å². The van der Waals surface area contributed by atoms with Gasteiger partial charge in [-0.3, -0.25) is 10.2 Å². The summed E-state index contributed by atoms with van der Waals surface area (Å²) in [5.41, 5.74) is 0. The van der Waals surface area contributed by atoms with E-state index in [0.29, 0.717) is 0 Å². The smallest absolute Gasteiger partial charge is 0.180 e. The Morgan fingerprint density at radius 2 is 1.70 bits per heavy atom. The van der Waals surface area contributed by atoms with Gasteiger partial charge in [-0.05, 0) is 18.2 Å². The summed E-state index contributed by atoms with van der Waals surface area (Å²) >= 11 is 0. The molecule has 0 amide bonds. The molecule has 0 radical (unpaired) electrons. The van der Waals surface area contributed by atoms with Gasteiger partial charge in [-0.15, -0.1) is 0 Å². The van der Waals surface area contributed by atoms with Gasteiger partial charge in [0.15, 0.2) is 6.39 Å². The molecular weight excluding hydrogens is 258 g/mol. The Labute approximate surface area is 115 Å². The highest BCUT2D eigenvalue weighted by molar-refractivity contribution is 4.84. The molecule has 4 heterocycles. The molecule has 0 saturated heterocycles. The normalized spacial score (nSPS) is 8.00. The second-order valence-corrected chi connectivity index (χ2v) is 2.98. The minimum Gasteiger partial charge on any atom is -0.452 e. The topological polar surface area (TPSA) is 112 Å². The molecule has 0 bridgehead atoms. The minimum atomic E-state index is 1.38. The Hall–Kier alpha value is -3.16. The Balaban J connectivity index is 0.000000133. The maximum absolute atomic E-state index is 4.47. The van der Waals surface area contributed by atoms with Crippen LogP contribution in [-0.2, 0) is 0 Å². The fraction of sp³-hybridized carbons (Fsp3) is 0. The number of aromatic amines is 3. The molecule has 4 rings (SSSR count). The first kappa shape index (κ1) is 14.9. The maximum Gasteiger partial charge on any atom is 0.180 e. The van der Waals surface area contributed by atoms with Gasteiger partial charge >= 0.3 is 0 Å². The van der Waals surface area contributed by atoms with Crippen molar-refractivity contribution < 1.29 is 4.42 Å². The van der Waals surface area contributed by atoms with Crippen molar-refractivity contribution in [2.75, 3.05) is 0 Å². The van der Waals surface area contributed by atoms with E-state index in [2.05, 4.69) is 39.8 Å². The molecule has 20 heavy (non-hydrogen) atoms. The summed E-state index contributed by atoms with van der Waals surface area (Å²) in [6.45, 7) is 0. The lowest BCUT2D eigenvalue weighted by Crippen LogP contribution is -1.53. The van der Waals surface area contributed by atoms with E-state index < -0.39 is 0 Å². The quantitative estimate of drug-likeness (QED) is 0.453. The standard InChI is InChI=1S/C4H5N.C3H4N2.C3H3NO.C2H3N3/c2*1-2-4-5-3-1;1-2-5-3-4-1;1-3-2-5-4-1/h1-5H;1-3H,(H,4,5);1-3H;1-2H,(H,3,4,5). The molecular formula is C12H15N7O. The van der Waals surface area contributed by atoms with Crippen molar-refractivity contribution in [1.82, 2.24) is 35.3 Å². The monoisotopic (exact) mass is 273 g/mol. The summed E-state index contributed by atoms with van der Waals surface area (Å²) in [4.78, 5) is 9.97. The molecule has 0 fully saturated rings. The first-order valence-electron chi connectivity index (χ1n) is 5.62. The van der Waals surface area contributed by atoms with Crippen molar-refractivity contribution in [1.29, 1.82) is 0 Å². The van der Waals surface area contributed by atoms with Crippen LogP contribution in [0, 0.1) is 0 Å². The summed E-state index contributed by atoms with van der Waals surface area (Å²) in [5, 5.41) is 12.2. The highest BCUT2D eigenvalue weighted by Gasteiger charge is 1.59. The Morgan fingerprint density at radius 3 is 1.90 bits per heavy atom. The highest BCUT2D eigenvalue weighted by atomic mass is 16.3. The second kappa shape index (κ2) is 12.3. The number of rotatable bonds is 0. The van der Waals surface area contributed by atoms with Crippen LogP contribution >= 0.6 is 0 Å². The van der Waals surface area contributed by atoms with Crippen LogP contribution in [0.25, 0.3) is 0 Å². The number of hydrogen-bond acceptors (Lipinski definition) is 5. The van der Waals surface area contributed by atoms with Crippen LogP contribution in [0.5, 0.6) is 0 Å². The average molecular weight is 273 g/mol. The molecule has 4 aromatic heterocycles. The van der Waals surface area contributed by atoms with E-state index in [9.17, 15) is 0 Å². The Morgan fingerprint density at radius 1 is 0.800 bits per heavy atom. The van der Waals surface area contributed by atoms with Crippen molar-refractivity contribution in [3.8, 4) is 0 Å². The molecule has 0 unspecified atom stereocenters. The van der Waals surface area contributed by atoms with E-state index in [1.54, 1.807) is 18.6 Å². The third-order valence-corrected chi connectivity index (χ3v) is 1.58. The Kier molecular flexibility index (Phi) is 9.16. The van der Waals surface area contributed by atoms with E-state index >= 15 is 0 Å². The zero-order chi connectivity index (χ0) is 14.1. The fourth-order valence-electron chi connectivity index (χ4n) is 0.835. The maximum atomic E-state index is 4.47. The van der Waals surface area contributed by atoms with Crippen LogP contribution in [-0.4, -0.2) is 35.3 Å². The highest BCUT2D eigenvalue weighted by Crippen LogP contribution is 1.72. The predicted molar refractivity (Wildman–Crippen MR) is 72.3 cm³/mol. The van der Waals surface area contributed by atoms with Crippen LogP contribution in [0.3, 0.4) is 0 Å².